The summed E-state index contributed by atoms with van der Waals surface area (Å²) in [6, 6.07) is 4.24. The van der Waals surface area contributed by atoms with Crippen LogP contribution in [0.5, 0.6) is 11.5 Å². The third-order valence-corrected chi connectivity index (χ3v) is 4.67. The average Bonchev–Trinajstić information content (AvgIpc) is 3.10. The summed E-state index contributed by atoms with van der Waals surface area (Å²) in [5, 5.41) is 16.0. The van der Waals surface area contributed by atoms with E-state index in [2.05, 4.69) is 10.5 Å². The molecule has 1 atom stereocenters. The number of aromatic nitrogens is 1. The van der Waals surface area contributed by atoms with Crippen LogP contribution in [0.15, 0.2) is 22.7 Å². The molecule has 2 N–H and O–H groups in total. The fourth-order valence-corrected chi connectivity index (χ4v) is 3.31. The van der Waals surface area contributed by atoms with Crippen LogP contribution in [0.25, 0.3) is 0 Å². The van der Waals surface area contributed by atoms with Gasteiger partial charge in [0.2, 0.25) is 0 Å². The van der Waals surface area contributed by atoms with Gasteiger partial charge in [-0.05, 0) is 31.4 Å². The Kier molecular flexibility index (Phi) is 5.63. The highest BCUT2D eigenvalue weighted by Gasteiger charge is 2.28. The Morgan fingerprint density at radius 1 is 1.26 bits per heavy atom. The van der Waals surface area contributed by atoms with Crippen molar-refractivity contribution in [3.8, 4) is 11.5 Å². The van der Waals surface area contributed by atoms with E-state index < -0.39 is 17.9 Å². The molecule has 1 aliphatic rings. The molecule has 1 amide bonds. The Bertz CT molecular complexity index is 845. The lowest BCUT2D eigenvalue weighted by Crippen LogP contribution is -2.31. The molecule has 27 heavy (non-hydrogen) atoms. The molecule has 144 valence electrons. The van der Waals surface area contributed by atoms with Crippen LogP contribution in [0, 0.1) is 0 Å². The van der Waals surface area contributed by atoms with Crippen molar-refractivity contribution in [1.82, 2.24) is 10.5 Å². The van der Waals surface area contributed by atoms with Crippen LogP contribution in [0.4, 0.5) is 0 Å². The third-order valence-electron chi connectivity index (χ3n) is 4.67. The van der Waals surface area contributed by atoms with Gasteiger partial charge in [0.05, 0.1) is 26.7 Å². The predicted molar refractivity (Wildman–Crippen MR) is 95.2 cm³/mol. The normalized spacial score (nSPS) is 14.1. The fourth-order valence-electron chi connectivity index (χ4n) is 3.31. The topological polar surface area (TPSA) is 111 Å². The predicted octanol–water partition coefficient (Wildman–Crippen LogP) is 2.52. The Morgan fingerprint density at radius 2 is 2.04 bits per heavy atom. The maximum absolute atomic E-state index is 12.8. The van der Waals surface area contributed by atoms with Crippen molar-refractivity contribution in [1.29, 1.82) is 0 Å². The monoisotopic (exact) mass is 374 g/mol. The number of rotatable bonds is 7. The van der Waals surface area contributed by atoms with E-state index in [1.54, 1.807) is 18.2 Å². The van der Waals surface area contributed by atoms with E-state index in [4.69, 9.17) is 14.0 Å². The molecule has 1 aromatic carbocycles. The molecule has 0 spiro atoms. The first kappa shape index (κ1) is 18.8. The number of methoxy groups -OCH3 is 2. The average molecular weight is 374 g/mol. The zero-order valence-electron chi connectivity index (χ0n) is 15.3. The van der Waals surface area contributed by atoms with Gasteiger partial charge in [-0.1, -0.05) is 5.16 Å². The number of aliphatic carboxylic acids is 1. The minimum atomic E-state index is -1.04. The lowest BCUT2D eigenvalue weighted by molar-refractivity contribution is -0.137. The number of aryl methyl sites for hydroxylation is 1. The molecule has 0 saturated carbocycles. The summed E-state index contributed by atoms with van der Waals surface area (Å²) in [6.07, 6.45) is 3.18. The molecule has 1 aromatic heterocycles. The first-order valence-corrected chi connectivity index (χ1v) is 8.75. The molecule has 1 heterocycles. The largest absolute Gasteiger partial charge is 0.497 e. The third kappa shape index (κ3) is 4.05. The highest BCUT2D eigenvalue weighted by Crippen LogP contribution is 2.32. The van der Waals surface area contributed by atoms with Crippen molar-refractivity contribution in [3.05, 3.63) is 40.8 Å². The quantitative estimate of drug-likeness (QED) is 0.766. The van der Waals surface area contributed by atoms with Crippen LogP contribution in [0.1, 0.15) is 52.7 Å². The van der Waals surface area contributed by atoms with Crippen molar-refractivity contribution in [2.45, 2.75) is 38.1 Å². The summed E-state index contributed by atoms with van der Waals surface area (Å²) in [4.78, 5) is 24.1. The summed E-state index contributed by atoms with van der Waals surface area (Å²) in [5.74, 6) is 0.249. The van der Waals surface area contributed by atoms with Gasteiger partial charge >= 0.3 is 5.97 Å². The van der Waals surface area contributed by atoms with Gasteiger partial charge in [0.15, 0.2) is 5.69 Å². The molecule has 8 nitrogen and oxygen atoms in total. The molecule has 0 bridgehead atoms. The van der Waals surface area contributed by atoms with Crippen LogP contribution in [0.3, 0.4) is 0 Å². The SMILES string of the molecule is COc1ccc(C(CC(=O)O)NC(=O)c2noc3c2CCCC3)c(OC)c1. The Balaban J connectivity index is 1.89. The van der Waals surface area contributed by atoms with E-state index in [1.165, 1.54) is 14.2 Å². The van der Waals surface area contributed by atoms with Crippen LogP contribution >= 0.6 is 0 Å². The minimum Gasteiger partial charge on any atom is -0.497 e. The number of benzene rings is 1. The lowest BCUT2D eigenvalue weighted by atomic mass is 9.96. The molecular formula is C19H22N2O6. The maximum atomic E-state index is 12.8. The minimum absolute atomic E-state index is 0.229. The number of amides is 1. The highest BCUT2D eigenvalue weighted by atomic mass is 16.5. The summed E-state index contributed by atoms with van der Waals surface area (Å²) < 4.78 is 15.8. The zero-order valence-corrected chi connectivity index (χ0v) is 15.3. The van der Waals surface area contributed by atoms with Gasteiger partial charge in [0.1, 0.15) is 17.3 Å². The second kappa shape index (κ2) is 8.11. The van der Waals surface area contributed by atoms with Crippen LogP contribution < -0.4 is 14.8 Å². The van der Waals surface area contributed by atoms with Crippen molar-refractivity contribution in [2.24, 2.45) is 0 Å². The van der Waals surface area contributed by atoms with E-state index in [9.17, 15) is 14.7 Å². The number of ether oxygens (including phenoxy) is 2. The summed E-state index contributed by atoms with van der Waals surface area (Å²) >= 11 is 0. The number of carboxylic acid groups (broad SMARTS) is 1. The molecule has 0 saturated heterocycles. The second-order valence-electron chi connectivity index (χ2n) is 6.37. The Labute approximate surface area is 156 Å². The smallest absolute Gasteiger partial charge is 0.305 e. The van der Waals surface area contributed by atoms with Crippen molar-refractivity contribution in [3.63, 3.8) is 0 Å². The van der Waals surface area contributed by atoms with E-state index >= 15 is 0 Å². The van der Waals surface area contributed by atoms with E-state index in [0.717, 1.165) is 37.0 Å². The number of carbonyl (C=O) groups excluding carboxylic acids is 1. The van der Waals surface area contributed by atoms with Gasteiger partial charge in [-0.15, -0.1) is 0 Å². The number of nitrogens with one attached hydrogen (secondary N) is 1. The molecular weight excluding hydrogens is 352 g/mol. The lowest BCUT2D eigenvalue weighted by Gasteiger charge is -2.20. The number of hydrogen-bond donors (Lipinski definition) is 2. The van der Waals surface area contributed by atoms with E-state index in [1.807, 2.05) is 0 Å². The van der Waals surface area contributed by atoms with Crippen LogP contribution in [-0.4, -0.2) is 36.4 Å². The molecule has 1 aliphatic carbocycles. The summed E-state index contributed by atoms with van der Waals surface area (Å²) in [6.45, 7) is 0. The van der Waals surface area contributed by atoms with Crippen LogP contribution in [-0.2, 0) is 17.6 Å². The van der Waals surface area contributed by atoms with Gasteiger partial charge in [-0.3, -0.25) is 9.59 Å². The molecule has 0 aliphatic heterocycles. The molecule has 1 unspecified atom stereocenters. The number of fused-ring (bicyclic) bond motifs is 1. The number of hydrogen-bond acceptors (Lipinski definition) is 6. The molecule has 0 radical (unpaired) electrons. The number of carbonyl (C=O) groups is 2. The standard InChI is InChI=1S/C19H22N2O6/c1-25-11-7-8-12(16(9-11)26-2)14(10-17(22)23)20-19(24)18-13-5-3-4-6-15(13)27-21-18/h7-9,14H,3-6,10H2,1-2H3,(H,20,24)(H,22,23). The van der Waals surface area contributed by atoms with Crippen molar-refractivity contribution >= 4 is 11.9 Å². The van der Waals surface area contributed by atoms with Crippen molar-refractivity contribution in [2.75, 3.05) is 14.2 Å². The van der Waals surface area contributed by atoms with Gasteiger partial charge in [-0.25, -0.2) is 0 Å². The fraction of sp³-hybridized carbons (Fsp3) is 0.421. The summed E-state index contributed by atoms with van der Waals surface area (Å²) in [5.41, 5.74) is 1.59. The Hall–Kier alpha value is -3.03. The second-order valence-corrected chi connectivity index (χ2v) is 6.37. The number of nitrogens with zero attached hydrogens (tertiary/aromatic N) is 1. The first-order valence-electron chi connectivity index (χ1n) is 8.75. The first-order chi connectivity index (χ1) is 13.0. The molecule has 8 heteroatoms. The highest BCUT2D eigenvalue weighted by molar-refractivity contribution is 5.94. The van der Waals surface area contributed by atoms with E-state index in [-0.39, 0.29) is 12.1 Å². The zero-order chi connectivity index (χ0) is 19.4. The maximum Gasteiger partial charge on any atom is 0.305 e. The van der Waals surface area contributed by atoms with Gasteiger partial charge in [0, 0.05) is 23.6 Å². The number of carboxylic acids is 1. The summed E-state index contributed by atoms with van der Waals surface area (Å²) in [7, 11) is 3.00. The van der Waals surface area contributed by atoms with Gasteiger partial charge in [0.25, 0.3) is 5.91 Å². The van der Waals surface area contributed by atoms with Crippen molar-refractivity contribution < 1.29 is 28.7 Å². The van der Waals surface area contributed by atoms with Gasteiger partial charge < -0.3 is 24.4 Å². The molecule has 3 rings (SSSR count). The Morgan fingerprint density at radius 3 is 2.74 bits per heavy atom. The van der Waals surface area contributed by atoms with Gasteiger partial charge in [-0.2, -0.15) is 0 Å². The van der Waals surface area contributed by atoms with E-state index in [0.29, 0.717) is 17.1 Å². The van der Waals surface area contributed by atoms with Crippen LogP contribution in [0.2, 0.25) is 0 Å². The molecule has 2 aromatic rings. The molecule has 0 fully saturated rings.